The van der Waals surface area contributed by atoms with Gasteiger partial charge >= 0.3 is 0 Å². The lowest BCUT2D eigenvalue weighted by Gasteiger charge is -2.24. The van der Waals surface area contributed by atoms with Crippen molar-refractivity contribution in [2.24, 2.45) is 0 Å². The largest absolute Gasteiger partial charge is 0.344 e. The van der Waals surface area contributed by atoms with E-state index < -0.39 is 5.79 Å². The number of amides is 2. The van der Waals surface area contributed by atoms with Crippen LogP contribution in [0.15, 0.2) is 48.5 Å². The van der Waals surface area contributed by atoms with Crippen LogP contribution >= 0.6 is 0 Å². The standard InChI is InChI=1S/C18H15NO4/c1-18(22-9-10-23-18)12-5-4-6-13(11-12)19-16(20)14-7-2-3-8-15(14)17(19)21/h2-8,11H,9-10H2,1H3. The first-order chi connectivity index (χ1) is 11.1. The molecule has 0 spiro atoms. The van der Waals surface area contributed by atoms with Crippen molar-refractivity contribution < 1.29 is 19.1 Å². The maximum absolute atomic E-state index is 12.6. The second-order valence-corrected chi connectivity index (χ2v) is 5.68. The molecule has 2 aromatic rings. The highest BCUT2D eigenvalue weighted by Gasteiger charge is 2.38. The summed E-state index contributed by atoms with van der Waals surface area (Å²) in [4.78, 5) is 26.3. The molecule has 4 rings (SSSR count). The summed E-state index contributed by atoms with van der Waals surface area (Å²) in [5, 5.41) is 0. The molecular formula is C18H15NO4. The van der Waals surface area contributed by atoms with Crippen LogP contribution in [-0.4, -0.2) is 25.0 Å². The average Bonchev–Trinajstić information content (AvgIpc) is 3.12. The molecule has 0 radical (unpaired) electrons. The molecule has 0 aliphatic carbocycles. The zero-order valence-electron chi connectivity index (χ0n) is 12.6. The Labute approximate surface area is 133 Å². The molecule has 116 valence electrons. The van der Waals surface area contributed by atoms with Crippen molar-refractivity contribution in [3.05, 3.63) is 65.2 Å². The van der Waals surface area contributed by atoms with E-state index in [0.717, 1.165) is 5.56 Å². The minimum atomic E-state index is -0.839. The Morgan fingerprint density at radius 1 is 0.913 bits per heavy atom. The molecule has 0 unspecified atom stereocenters. The molecule has 2 heterocycles. The van der Waals surface area contributed by atoms with Gasteiger partial charge in [-0.1, -0.05) is 24.3 Å². The van der Waals surface area contributed by atoms with Crippen LogP contribution in [0, 0.1) is 0 Å². The van der Waals surface area contributed by atoms with Crippen LogP contribution in [0.5, 0.6) is 0 Å². The van der Waals surface area contributed by atoms with E-state index in [9.17, 15) is 9.59 Å². The predicted octanol–water partition coefficient (Wildman–Crippen LogP) is 2.71. The zero-order valence-corrected chi connectivity index (χ0v) is 12.6. The van der Waals surface area contributed by atoms with E-state index in [1.54, 1.807) is 42.5 Å². The molecule has 1 saturated heterocycles. The summed E-state index contributed by atoms with van der Waals surface area (Å²) in [6, 6.07) is 14.0. The van der Waals surface area contributed by atoms with Crippen LogP contribution in [0.2, 0.25) is 0 Å². The van der Waals surface area contributed by atoms with Crippen LogP contribution in [-0.2, 0) is 15.3 Å². The van der Waals surface area contributed by atoms with Gasteiger partial charge < -0.3 is 9.47 Å². The molecule has 2 aromatic carbocycles. The van der Waals surface area contributed by atoms with Gasteiger partial charge in [0.25, 0.3) is 11.8 Å². The number of carbonyl (C=O) groups is 2. The first-order valence-corrected chi connectivity index (χ1v) is 7.46. The minimum Gasteiger partial charge on any atom is -0.344 e. The number of benzene rings is 2. The number of nitrogens with zero attached hydrogens (tertiary/aromatic N) is 1. The minimum absolute atomic E-state index is 0.304. The van der Waals surface area contributed by atoms with Crippen molar-refractivity contribution in [2.75, 3.05) is 18.1 Å². The van der Waals surface area contributed by atoms with E-state index in [2.05, 4.69) is 0 Å². The summed E-state index contributed by atoms with van der Waals surface area (Å²) in [6.45, 7) is 2.88. The Hall–Kier alpha value is -2.50. The van der Waals surface area contributed by atoms with Gasteiger partial charge in [0.15, 0.2) is 5.79 Å². The highest BCUT2D eigenvalue weighted by atomic mass is 16.7. The Bertz CT molecular complexity index is 773. The van der Waals surface area contributed by atoms with Crippen LogP contribution in [0.25, 0.3) is 0 Å². The number of fused-ring (bicyclic) bond motifs is 1. The third-order valence-electron chi connectivity index (χ3n) is 4.26. The lowest BCUT2D eigenvalue weighted by atomic mass is 10.1. The van der Waals surface area contributed by atoms with Gasteiger partial charge in [-0.15, -0.1) is 0 Å². The lowest BCUT2D eigenvalue weighted by Crippen LogP contribution is -2.30. The summed E-state index contributed by atoms with van der Waals surface area (Å²) in [5.74, 6) is -1.45. The third-order valence-corrected chi connectivity index (χ3v) is 4.26. The maximum Gasteiger partial charge on any atom is 0.266 e. The number of hydrogen-bond donors (Lipinski definition) is 0. The maximum atomic E-state index is 12.6. The smallest absolute Gasteiger partial charge is 0.266 e. The van der Waals surface area contributed by atoms with E-state index in [1.807, 2.05) is 13.0 Å². The predicted molar refractivity (Wildman–Crippen MR) is 83.3 cm³/mol. The first-order valence-electron chi connectivity index (χ1n) is 7.46. The van der Waals surface area contributed by atoms with Gasteiger partial charge in [-0.25, -0.2) is 4.90 Å². The van der Waals surface area contributed by atoms with Gasteiger partial charge in [-0.05, 0) is 31.2 Å². The van der Waals surface area contributed by atoms with E-state index in [0.29, 0.717) is 30.0 Å². The zero-order chi connectivity index (χ0) is 16.0. The molecule has 2 aliphatic rings. The lowest BCUT2D eigenvalue weighted by molar-refractivity contribution is -0.149. The topological polar surface area (TPSA) is 55.8 Å². The second kappa shape index (κ2) is 5.01. The van der Waals surface area contributed by atoms with Crippen molar-refractivity contribution in [3.63, 3.8) is 0 Å². The van der Waals surface area contributed by atoms with Crippen molar-refractivity contribution in [1.82, 2.24) is 0 Å². The summed E-state index contributed by atoms with van der Waals surface area (Å²) < 4.78 is 11.3. The third kappa shape index (κ3) is 2.09. The van der Waals surface area contributed by atoms with E-state index >= 15 is 0 Å². The fourth-order valence-electron chi connectivity index (χ4n) is 3.03. The monoisotopic (exact) mass is 309 g/mol. The van der Waals surface area contributed by atoms with Gasteiger partial charge in [-0.2, -0.15) is 0 Å². The Kier molecular flexibility index (Phi) is 3.07. The highest BCUT2D eigenvalue weighted by molar-refractivity contribution is 6.34. The molecule has 0 atom stereocenters. The second-order valence-electron chi connectivity index (χ2n) is 5.68. The van der Waals surface area contributed by atoms with Gasteiger partial charge in [0.2, 0.25) is 0 Å². The molecule has 23 heavy (non-hydrogen) atoms. The average molecular weight is 309 g/mol. The van der Waals surface area contributed by atoms with Crippen molar-refractivity contribution in [1.29, 1.82) is 0 Å². The fourth-order valence-corrected chi connectivity index (χ4v) is 3.03. The Morgan fingerprint density at radius 3 is 2.13 bits per heavy atom. The molecule has 0 N–H and O–H groups in total. The number of imide groups is 1. The molecule has 1 fully saturated rings. The summed E-state index contributed by atoms with van der Waals surface area (Å²) >= 11 is 0. The Morgan fingerprint density at radius 2 is 1.52 bits per heavy atom. The molecule has 5 heteroatoms. The van der Waals surface area contributed by atoms with Gasteiger partial charge in [0.1, 0.15) is 0 Å². The molecule has 5 nitrogen and oxygen atoms in total. The molecule has 2 aliphatic heterocycles. The molecular weight excluding hydrogens is 294 g/mol. The first kappa shape index (κ1) is 14.1. The van der Waals surface area contributed by atoms with Crippen LogP contribution in [0.3, 0.4) is 0 Å². The van der Waals surface area contributed by atoms with Gasteiger partial charge in [0.05, 0.1) is 30.0 Å². The van der Waals surface area contributed by atoms with Crippen LogP contribution in [0.4, 0.5) is 5.69 Å². The molecule has 2 amide bonds. The van der Waals surface area contributed by atoms with Crippen molar-refractivity contribution >= 4 is 17.5 Å². The van der Waals surface area contributed by atoms with Crippen LogP contribution < -0.4 is 4.90 Å². The summed E-state index contributed by atoms with van der Waals surface area (Å²) in [7, 11) is 0. The number of hydrogen-bond acceptors (Lipinski definition) is 4. The number of anilines is 1. The summed E-state index contributed by atoms with van der Waals surface area (Å²) in [5.41, 5.74) is 2.17. The van der Waals surface area contributed by atoms with Gasteiger partial charge in [0, 0.05) is 5.56 Å². The van der Waals surface area contributed by atoms with E-state index in [4.69, 9.17) is 9.47 Å². The van der Waals surface area contributed by atoms with E-state index in [1.165, 1.54) is 4.90 Å². The summed E-state index contributed by atoms with van der Waals surface area (Å²) in [6.07, 6.45) is 0. The SMILES string of the molecule is CC1(c2cccc(N3C(=O)c4ccccc4C3=O)c2)OCCO1. The molecule has 0 bridgehead atoms. The number of rotatable bonds is 2. The van der Waals surface area contributed by atoms with Gasteiger partial charge in [-0.3, -0.25) is 9.59 Å². The van der Waals surface area contributed by atoms with E-state index in [-0.39, 0.29) is 11.8 Å². The van der Waals surface area contributed by atoms with Crippen molar-refractivity contribution in [2.45, 2.75) is 12.7 Å². The molecule has 0 aromatic heterocycles. The number of ether oxygens (including phenoxy) is 2. The highest BCUT2D eigenvalue weighted by Crippen LogP contribution is 2.35. The normalized spacial score (nSPS) is 19.3. The van der Waals surface area contributed by atoms with Crippen LogP contribution in [0.1, 0.15) is 33.2 Å². The Balaban J connectivity index is 1.75. The number of carbonyl (C=O) groups excluding carboxylic acids is 2. The quantitative estimate of drug-likeness (QED) is 0.800. The van der Waals surface area contributed by atoms with Crippen molar-refractivity contribution in [3.8, 4) is 0 Å². The fraction of sp³-hybridized carbons (Fsp3) is 0.222. The molecule has 0 saturated carbocycles.